The average molecular weight is 222 g/mol. The van der Waals surface area contributed by atoms with Gasteiger partial charge in [0.1, 0.15) is 0 Å². The normalized spacial score (nSPS) is 58.7. The van der Waals surface area contributed by atoms with Crippen molar-refractivity contribution >= 4 is 0 Å². The molecule has 0 aromatic rings. The molecule has 1 nitrogen and oxygen atoms in total. The highest BCUT2D eigenvalue weighted by Gasteiger charge is 2.66. The molecule has 0 saturated heterocycles. The molecule has 0 radical (unpaired) electrons. The van der Waals surface area contributed by atoms with Crippen LogP contribution in [0.2, 0.25) is 0 Å². The van der Waals surface area contributed by atoms with Crippen molar-refractivity contribution in [3.63, 3.8) is 0 Å². The quantitative estimate of drug-likeness (QED) is 0.665. The third-order valence-electron chi connectivity index (χ3n) is 6.37. The fourth-order valence-electron chi connectivity index (χ4n) is 5.29. The van der Waals surface area contributed by atoms with E-state index in [9.17, 15) is 5.11 Å². The van der Waals surface area contributed by atoms with Gasteiger partial charge in [0, 0.05) is 0 Å². The monoisotopic (exact) mass is 222 g/mol. The summed E-state index contributed by atoms with van der Waals surface area (Å²) in [6.45, 7) is 9.41. The minimum absolute atomic E-state index is 0.376. The van der Waals surface area contributed by atoms with E-state index in [1.807, 2.05) is 0 Å². The lowest BCUT2D eigenvalue weighted by molar-refractivity contribution is -0.0302. The second-order valence-corrected chi connectivity index (χ2v) is 7.59. The van der Waals surface area contributed by atoms with Crippen LogP contribution in [0.4, 0.5) is 0 Å². The Hall–Kier alpha value is -0.0400. The first-order valence-electron chi connectivity index (χ1n) is 7.08. The Kier molecular flexibility index (Phi) is 2.11. The first kappa shape index (κ1) is 11.1. The molecule has 16 heavy (non-hydrogen) atoms. The first-order chi connectivity index (χ1) is 7.36. The summed E-state index contributed by atoms with van der Waals surface area (Å²) in [6, 6.07) is 0. The molecular weight excluding hydrogens is 196 g/mol. The van der Waals surface area contributed by atoms with E-state index in [-0.39, 0.29) is 5.60 Å². The number of aliphatic hydroxyl groups is 1. The molecule has 0 aliphatic heterocycles. The predicted molar refractivity (Wildman–Crippen MR) is 66.0 cm³/mol. The van der Waals surface area contributed by atoms with E-state index < -0.39 is 0 Å². The van der Waals surface area contributed by atoms with Gasteiger partial charge in [-0.1, -0.05) is 27.2 Å². The molecule has 0 aromatic carbocycles. The molecule has 3 saturated carbocycles. The highest BCUT2D eigenvalue weighted by Crippen LogP contribution is 2.71. The number of hydrogen-bond acceptors (Lipinski definition) is 1. The largest absolute Gasteiger partial charge is 0.390 e. The van der Waals surface area contributed by atoms with Gasteiger partial charge in [0.05, 0.1) is 5.60 Å². The molecule has 1 N–H and O–H groups in total. The first-order valence-corrected chi connectivity index (χ1v) is 7.08. The minimum Gasteiger partial charge on any atom is -0.390 e. The van der Waals surface area contributed by atoms with Gasteiger partial charge >= 0.3 is 0 Å². The minimum atomic E-state index is -0.376. The summed E-state index contributed by atoms with van der Waals surface area (Å²) in [7, 11) is 0. The van der Waals surface area contributed by atoms with Crippen molar-refractivity contribution in [3.8, 4) is 0 Å². The van der Waals surface area contributed by atoms with Crippen LogP contribution >= 0.6 is 0 Å². The van der Waals surface area contributed by atoms with Crippen LogP contribution in [-0.2, 0) is 0 Å². The molecular formula is C15H26O. The van der Waals surface area contributed by atoms with Crippen molar-refractivity contribution < 1.29 is 5.11 Å². The summed E-state index contributed by atoms with van der Waals surface area (Å²) >= 11 is 0. The summed E-state index contributed by atoms with van der Waals surface area (Å²) in [4.78, 5) is 0. The number of hydrogen-bond donors (Lipinski definition) is 1. The summed E-state index contributed by atoms with van der Waals surface area (Å²) in [5.41, 5.74) is 0.191. The van der Waals surface area contributed by atoms with E-state index >= 15 is 0 Å². The number of fused-ring (bicyclic) bond motifs is 3. The zero-order chi connectivity index (χ0) is 11.7. The Labute approximate surface area is 99.6 Å². The molecule has 0 spiro atoms. The fourth-order valence-corrected chi connectivity index (χ4v) is 5.29. The van der Waals surface area contributed by atoms with E-state index in [4.69, 9.17) is 0 Å². The highest BCUT2D eigenvalue weighted by atomic mass is 16.3. The Balaban J connectivity index is 1.94. The van der Waals surface area contributed by atoms with Crippen molar-refractivity contribution in [2.24, 2.45) is 35.0 Å². The van der Waals surface area contributed by atoms with Gasteiger partial charge in [-0.3, -0.25) is 0 Å². The van der Waals surface area contributed by atoms with Gasteiger partial charge in [0.15, 0.2) is 0 Å². The van der Waals surface area contributed by atoms with Gasteiger partial charge < -0.3 is 5.11 Å². The van der Waals surface area contributed by atoms with E-state index in [0.717, 1.165) is 30.1 Å². The Morgan fingerprint density at radius 3 is 2.38 bits per heavy atom. The predicted octanol–water partition coefficient (Wildman–Crippen LogP) is 3.47. The maximum absolute atomic E-state index is 10.7. The van der Waals surface area contributed by atoms with Gasteiger partial charge in [-0.05, 0) is 61.2 Å². The van der Waals surface area contributed by atoms with Crippen LogP contribution in [-0.4, -0.2) is 10.7 Å². The summed E-state index contributed by atoms with van der Waals surface area (Å²) in [5.74, 6) is 4.03. The van der Waals surface area contributed by atoms with Crippen LogP contribution in [0.25, 0.3) is 0 Å². The van der Waals surface area contributed by atoms with E-state index in [1.165, 1.54) is 19.3 Å². The van der Waals surface area contributed by atoms with Gasteiger partial charge in [-0.15, -0.1) is 0 Å². The van der Waals surface area contributed by atoms with Crippen LogP contribution < -0.4 is 0 Å². The van der Waals surface area contributed by atoms with Crippen molar-refractivity contribution in [2.45, 2.75) is 59.0 Å². The van der Waals surface area contributed by atoms with Crippen molar-refractivity contribution in [3.05, 3.63) is 0 Å². The highest BCUT2D eigenvalue weighted by molar-refractivity contribution is 5.14. The van der Waals surface area contributed by atoms with Crippen molar-refractivity contribution in [2.75, 3.05) is 0 Å². The second-order valence-electron chi connectivity index (χ2n) is 7.59. The van der Waals surface area contributed by atoms with Crippen LogP contribution in [0.15, 0.2) is 0 Å². The average Bonchev–Trinajstić information content (AvgIpc) is 2.51. The van der Waals surface area contributed by atoms with Gasteiger partial charge in [0.2, 0.25) is 0 Å². The molecule has 0 heterocycles. The lowest BCUT2D eigenvalue weighted by Crippen LogP contribution is -2.38. The van der Waals surface area contributed by atoms with Gasteiger partial charge in [0.25, 0.3) is 0 Å². The van der Waals surface area contributed by atoms with Crippen molar-refractivity contribution in [1.29, 1.82) is 0 Å². The molecule has 6 atom stereocenters. The third kappa shape index (κ3) is 1.27. The standard InChI is InChI=1S/C15H26O/c1-9-5-6-10-12(9)13-11(14(13,2)3)7-8-15(10,4)16/h9-13,16H,5-8H2,1-4H3/t9-,10-,11+,12+,13+,15-/m1/s1. The summed E-state index contributed by atoms with van der Waals surface area (Å²) < 4.78 is 0. The topological polar surface area (TPSA) is 20.2 Å². The molecule has 3 rings (SSSR count). The SMILES string of the molecule is C[C@@H]1CC[C@@H]2[C@H]1[C@@H]1[C@H](CC[C@@]2(C)O)C1(C)C. The maximum Gasteiger partial charge on any atom is 0.0650 e. The smallest absolute Gasteiger partial charge is 0.0650 e. The van der Waals surface area contributed by atoms with Gasteiger partial charge in [-0.25, -0.2) is 0 Å². The molecule has 0 bridgehead atoms. The molecule has 0 aromatic heterocycles. The third-order valence-corrected chi connectivity index (χ3v) is 6.37. The molecule has 1 heteroatoms. The zero-order valence-corrected chi connectivity index (χ0v) is 11.2. The summed E-state index contributed by atoms with van der Waals surface area (Å²) in [6.07, 6.45) is 4.89. The van der Waals surface area contributed by atoms with Crippen LogP contribution in [0.5, 0.6) is 0 Å². The van der Waals surface area contributed by atoms with E-state index in [2.05, 4.69) is 27.7 Å². The Morgan fingerprint density at radius 2 is 1.69 bits per heavy atom. The van der Waals surface area contributed by atoms with Crippen molar-refractivity contribution in [1.82, 2.24) is 0 Å². The lowest BCUT2D eigenvalue weighted by atomic mass is 9.74. The Bertz CT molecular complexity index is 305. The molecule has 3 fully saturated rings. The number of rotatable bonds is 0. The molecule has 3 aliphatic rings. The van der Waals surface area contributed by atoms with Crippen LogP contribution in [0.1, 0.15) is 53.4 Å². The molecule has 92 valence electrons. The molecule has 3 aliphatic carbocycles. The second kappa shape index (κ2) is 3.04. The van der Waals surface area contributed by atoms with E-state index in [1.54, 1.807) is 0 Å². The lowest BCUT2D eigenvalue weighted by Gasteiger charge is -2.35. The van der Waals surface area contributed by atoms with Crippen LogP contribution in [0.3, 0.4) is 0 Å². The molecule has 0 amide bonds. The fraction of sp³-hybridized carbons (Fsp3) is 1.00. The maximum atomic E-state index is 10.7. The van der Waals surface area contributed by atoms with E-state index in [0.29, 0.717) is 11.3 Å². The van der Waals surface area contributed by atoms with Gasteiger partial charge in [-0.2, -0.15) is 0 Å². The Morgan fingerprint density at radius 1 is 1.00 bits per heavy atom. The summed E-state index contributed by atoms with van der Waals surface area (Å²) in [5, 5.41) is 10.7. The molecule has 0 unspecified atom stereocenters. The zero-order valence-electron chi connectivity index (χ0n) is 11.2. The van der Waals surface area contributed by atoms with Crippen LogP contribution in [0, 0.1) is 35.0 Å².